The summed E-state index contributed by atoms with van der Waals surface area (Å²) >= 11 is 0. The molecular weight excluding hydrogens is 266 g/mol. The van der Waals surface area contributed by atoms with Gasteiger partial charge in [0.15, 0.2) is 0 Å². The molecule has 1 nitrogen and oxygen atoms in total. The van der Waals surface area contributed by atoms with Gasteiger partial charge in [-0.3, -0.25) is 4.99 Å². The van der Waals surface area contributed by atoms with Gasteiger partial charge in [0.25, 0.3) is 0 Å². The van der Waals surface area contributed by atoms with Gasteiger partial charge in [0, 0.05) is 6.21 Å². The SMILES string of the molecule is C/C=N\c1cc(/C=C/c2ccc(C(C)(C)C)cc2)ccc1C. The van der Waals surface area contributed by atoms with E-state index < -0.39 is 0 Å². The Kier molecular flexibility index (Phi) is 4.97. The molecule has 22 heavy (non-hydrogen) atoms. The molecule has 0 aliphatic heterocycles. The van der Waals surface area contributed by atoms with E-state index >= 15 is 0 Å². The molecule has 0 saturated carbocycles. The van der Waals surface area contributed by atoms with Crippen LogP contribution < -0.4 is 0 Å². The van der Waals surface area contributed by atoms with Crippen LogP contribution >= 0.6 is 0 Å². The standard InChI is InChI=1S/C21H25N/c1-6-22-20-15-18(8-7-16(20)2)10-9-17-11-13-19(14-12-17)21(3,4)5/h6-15H,1-5H3/b10-9+,22-6-. The van der Waals surface area contributed by atoms with Crippen LogP contribution in [0.5, 0.6) is 0 Å². The van der Waals surface area contributed by atoms with Crippen molar-refractivity contribution in [3.63, 3.8) is 0 Å². The second-order valence-electron chi connectivity index (χ2n) is 6.64. The monoisotopic (exact) mass is 291 g/mol. The number of benzene rings is 2. The first-order valence-electron chi connectivity index (χ1n) is 7.78. The minimum Gasteiger partial charge on any atom is -0.261 e. The predicted octanol–water partition coefficient (Wildman–Crippen LogP) is 6.19. The molecule has 0 amide bonds. The first-order chi connectivity index (χ1) is 10.4. The van der Waals surface area contributed by atoms with Crippen molar-refractivity contribution >= 4 is 24.1 Å². The Morgan fingerprint density at radius 3 is 2.05 bits per heavy atom. The summed E-state index contributed by atoms with van der Waals surface area (Å²) in [6.07, 6.45) is 6.12. The summed E-state index contributed by atoms with van der Waals surface area (Å²) < 4.78 is 0. The molecule has 2 aromatic carbocycles. The third kappa shape index (κ3) is 4.17. The number of aliphatic imine (C=N–C) groups is 1. The van der Waals surface area contributed by atoms with Crippen molar-refractivity contribution in [2.75, 3.05) is 0 Å². The Morgan fingerprint density at radius 1 is 0.864 bits per heavy atom. The molecule has 0 heterocycles. The van der Waals surface area contributed by atoms with Gasteiger partial charge >= 0.3 is 0 Å². The van der Waals surface area contributed by atoms with Crippen LogP contribution in [0.15, 0.2) is 47.5 Å². The molecule has 2 aromatic rings. The van der Waals surface area contributed by atoms with E-state index in [0.717, 1.165) is 5.69 Å². The molecule has 0 saturated heterocycles. The number of hydrogen-bond donors (Lipinski definition) is 0. The highest BCUT2D eigenvalue weighted by molar-refractivity contribution is 5.72. The molecule has 1 heteroatoms. The molecule has 0 bridgehead atoms. The molecule has 2 rings (SSSR count). The van der Waals surface area contributed by atoms with Gasteiger partial charge in [-0.2, -0.15) is 0 Å². The summed E-state index contributed by atoms with van der Waals surface area (Å²) in [5, 5.41) is 0. The van der Waals surface area contributed by atoms with Gasteiger partial charge in [0.05, 0.1) is 5.69 Å². The Bertz CT molecular complexity index is 683. The van der Waals surface area contributed by atoms with Gasteiger partial charge in [0.1, 0.15) is 0 Å². The van der Waals surface area contributed by atoms with Crippen LogP contribution in [0.1, 0.15) is 49.9 Å². The topological polar surface area (TPSA) is 12.4 Å². The van der Waals surface area contributed by atoms with Crippen molar-refractivity contribution in [3.05, 3.63) is 64.7 Å². The zero-order valence-electron chi connectivity index (χ0n) is 14.2. The summed E-state index contributed by atoms with van der Waals surface area (Å²) in [5.41, 5.74) is 6.18. The fourth-order valence-electron chi connectivity index (χ4n) is 2.29. The molecule has 114 valence electrons. The van der Waals surface area contributed by atoms with Gasteiger partial charge in [-0.1, -0.05) is 69.3 Å². The Balaban J connectivity index is 2.20. The molecular formula is C21H25N. The maximum Gasteiger partial charge on any atom is 0.0660 e. The van der Waals surface area contributed by atoms with Gasteiger partial charge in [-0.15, -0.1) is 0 Å². The van der Waals surface area contributed by atoms with Gasteiger partial charge in [-0.05, 0) is 47.6 Å². The summed E-state index contributed by atoms with van der Waals surface area (Å²) in [6.45, 7) is 10.7. The predicted molar refractivity (Wildman–Crippen MR) is 99.1 cm³/mol. The molecule has 0 aromatic heterocycles. The van der Waals surface area contributed by atoms with Crippen LogP contribution in [-0.4, -0.2) is 6.21 Å². The smallest absolute Gasteiger partial charge is 0.0660 e. The van der Waals surface area contributed by atoms with E-state index in [2.05, 4.69) is 87.3 Å². The van der Waals surface area contributed by atoms with Crippen LogP contribution in [0.25, 0.3) is 12.2 Å². The number of rotatable bonds is 3. The lowest BCUT2D eigenvalue weighted by Gasteiger charge is -2.18. The maximum absolute atomic E-state index is 4.40. The second-order valence-corrected chi connectivity index (χ2v) is 6.64. The van der Waals surface area contributed by atoms with Crippen molar-refractivity contribution < 1.29 is 0 Å². The van der Waals surface area contributed by atoms with E-state index in [0.29, 0.717) is 0 Å². The summed E-state index contributed by atoms with van der Waals surface area (Å²) in [6, 6.07) is 15.1. The van der Waals surface area contributed by atoms with Gasteiger partial charge in [-0.25, -0.2) is 0 Å². The third-order valence-electron chi connectivity index (χ3n) is 3.75. The fraction of sp³-hybridized carbons (Fsp3) is 0.286. The van der Waals surface area contributed by atoms with Crippen LogP contribution in [-0.2, 0) is 5.41 Å². The van der Waals surface area contributed by atoms with Gasteiger partial charge in [0.2, 0.25) is 0 Å². The lowest BCUT2D eigenvalue weighted by Crippen LogP contribution is -2.10. The van der Waals surface area contributed by atoms with Crippen molar-refractivity contribution in [1.29, 1.82) is 0 Å². The molecule has 0 spiro atoms. The van der Waals surface area contributed by atoms with Crippen molar-refractivity contribution in [1.82, 2.24) is 0 Å². The van der Waals surface area contributed by atoms with E-state index in [4.69, 9.17) is 0 Å². The maximum atomic E-state index is 4.40. The quantitative estimate of drug-likeness (QED) is 0.472. The average molecular weight is 291 g/mol. The lowest BCUT2D eigenvalue weighted by molar-refractivity contribution is 0.590. The van der Waals surface area contributed by atoms with E-state index in [1.807, 2.05) is 13.1 Å². The van der Waals surface area contributed by atoms with Crippen LogP contribution in [0.2, 0.25) is 0 Å². The highest BCUT2D eigenvalue weighted by Gasteiger charge is 2.12. The summed E-state index contributed by atoms with van der Waals surface area (Å²) in [5.74, 6) is 0. The van der Waals surface area contributed by atoms with E-state index in [1.165, 1.54) is 22.3 Å². The zero-order chi connectivity index (χ0) is 16.2. The number of nitrogens with zero attached hydrogens (tertiary/aromatic N) is 1. The molecule has 0 atom stereocenters. The summed E-state index contributed by atoms with van der Waals surface area (Å²) in [4.78, 5) is 4.40. The van der Waals surface area contributed by atoms with E-state index in [1.54, 1.807) is 0 Å². The van der Waals surface area contributed by atoms with Crippen LogP contribution in [0, 0.1) is 6.92 Å². The first kappa shape index (κ1) is 16.2. The largest absolute Gasteiger partial charge is 0.261 e. The highest BCUT2D eigenvalue weighted by Crippen LogP contribution is 2.24. The first-order valence-corrected chi connectivity index (χ1v) is 7.78. The van der Waals surface area contributed by atoms with Crippen molar-refractivity contribution in [3.8, 4) is 0 Å². The minimum atomic E-state index is 0.201. The third-order valence-corrected chi connectivity index (χ3v) is 3.75. The van der Waals surface area contributed by atoms with E-state index in [9.17, 15) is 0 Å². The lowest BCUT2D eigenvalue weighted by atomic mass is 9.87. The molecule has 0 aliphatic rings. The van der Waals surface area contributed by atoms with Crippen molar-refractivity contribution in [2.45, 2.75) is 40.0 Å². The zero-order valence-corrected chi connectivity index (χ0v) is 14.2. The van der Waals surface area contributed by atoms with E-state index in [-0.39, 0.29) is 5.41 Å². The highest BCUT2D eigenvalue weighted by atomic mass is 14.7. The molecule has 0 fully saturated rings. The average Bonchev–Trinajstić information content (AvgIpc) is 2.48. The Labute approximate surface area is 134 Å². The second kappa shape index (κ2) is 6.74. The number of aryl methyl sites for hydroxylation is 1. The van der Waals surface area contributed by atoms with Crippen molar-refractivity contribution in [2.24, 2.45) is 4.99 Å². The molecule has 0 aliphatic carbocycles. The summed E-state index contributed by atoms with van der Waals surface area (Å²) in [7, 11) is 0. The molecule has 0 N–H and O–H groups in total. The van der Waals surface area contributed by atoms with Gasteiger partial charge < -0.3 is 0 Å². The fourth-order valence-corrected chi connectivity index (χ4v) is 2.29. The Morgan fingerprint density at radius 2 is 1.45 bits per heavy atom. The van der Waals surface area contributed by atoms with Crippen LogP contribution in [0.4, 0.5) is 5.69 Å². The Hall–Kier alpha value is -2.15. The normalized spacial score (nSPS) is 12.4. The molecule has 0 radical (unpaired) electrons. The molecule has 0 unspecified atom stereocenters. The minimum absolute atomic E-state index is 0.201. The van der Waals surface area contributed by atoms with Crippen LogP contribution in [0.3, 0.4) is 0 Å². The number of hydrogen-bond acceptors (Lipinski definition) is 1.